The van der Waals surface area contributed by atoms with Crippen LogP contribution in [0, 0.1) is 6.92 Å². The van der Waals surface area contributed by atoms with E-state index in [-0.39, 0.29) is 0 Å². The molecule has 1 saturated heterocycles. The van der Waals surface area contributed by atoms with Gasteiger partial charge in [0.25, 0.3) is 6.01 Å². The van der Waals surface area contributed by atoms with E-state index in [1.165, 1.54) is 0 Å². The van der Waals surface area contributed by atoms with Gasteiger partial charge >= 0.3 is 0 Å². The van der Waals surface area contributed by atoms with Gasteiger partial charge in [0.1, 0.15) is 5.52 Å². The van der Waals surface area contributed by atoms with Gasteiger partial charge in [-0.15, -0.1) is 0 Å². The van der Waals surface area contributed by atoms with Crippen molar-refractivity contribution < 1.29 is 8.94 Å². The highest BCUT2D eigenvalue weighted by atomic mass is 16.5. The lowest BCUT2D eigenvalue weighted by molar-refractivity contribution is 0.190. The summed E-state index contributed by atoms with van der Waals surface area (Å²) in [6, 6.07) is 8.90. The van der Waals surface area contributed by atoms with E-state index >= 15 is 0 Å². The Morgan fingerprint density at radius 2 is 2.17 bits per heavy atom. The zero-order chi connectivity index (χ0) is 16.5. The fourth-order valence-electron chi connectivity index (χ4n) is 3.26. The molecule has 0 N–H and O–H groups in total. The van der Waals surface area contributed by atoms with Gasteiger partial charge in [0.15, 0.2) is 11.4 Å². The average Bonchev–Trinajstić information content (AvgIpc) is 3.20. The number of piperidine rings is 1. The third kappa shape index (κ3) is 2.99. The van der Waals surface area contributed by atoms with Crippen LogP contribution >= 0.6 is 0 Å². The van der Waals surface area contributed by atoms with Crippen LogP contribution < -0.4 is 4.90 Å². The lowest BCUT2D eigenvalue weighted by Gasteiger charge is -2.36. The average molecular weight is 327 g/mol. The molecule has 4 rings (SSSR count). The third-order valence-corrected chi connectivity index (χ3v) is 4.55. The first kappa shape index (κ1) is 15.1. The lowest BCUT2D eigenvalue weighted by Crippen LogP contribution is -2.46. The Hall–Kier alpha value is -2.41. The summed E-state index contributed by atoms with van der Waals surface area (Å²) >= 11 is 0. The molecule has 0 bridgehead atoms. The van der Waals surface area contributed by atoms with Crippen LogP contribution in [0.3, 0.4) is 0 Å². The molecule has 24 heavy (non-hydrogen) atoms. The SMILES string of the molecule is Cc1nc(CN2CCCC(N(C)c3nc4ccccc4o3)C2)no1. The molecule has 1 unspecified atom stereocenters. The number of hydrogen-bond acceptors (Lipinski definition) is 7. The van der Waals surface area contributed by atoms with E-state index in [0.29, 0.717) is 17.9 Å². The Morgan fingerprint density at radius 1 is 1.29 bits per heavy atom. The van der Waals surface area contributed by atoms with Crippen molar-refractivity contribution in [2.45, 2.75) is 32.4 Å². The molecule has 7 nitrogen and oxygen atoms in total. The smallest absolute Gasteiger partial charge is 0.298 e. The van der Waals surface area contributed by atoms with Gasteiger partial charge in [-0.2, -0.15) is 9.97 Å². The van der Waals surface area contributed by atoms with Gasteiger partial charge < -0.3 is 13.8 Å². The molecular formula is C17H21N5O2. The molecule has 3 aromatic rings. The van der Waals surface area contributed by atoms with Crippen molar-refractivity contribution in [2.75, 3.05) is 25.0 Å². The summed E-state index contributed by atoms with van der Waals surface area (Å²) in [5.41, 5.74) is 1.73. The van der Waals surface area contributed by atoms with Crippen molar-refractivity contribution in [1.82, 2.24) is 20.0 Å². The van der Waals surface area contributed by atoms with Crippen molar-refractivity contribution in [3.05, 3.63) is 36.0 Å². The minimum Gasteiger partial charge on any atom is -0.423 e. The summed E-state index contributed by atoms with van der Waals surface area (Å²) < 4.78 is 11.0. The molecule has 0 aliphatic carbocycles. The highest BCUT2D eigenvalue weighted by molar-refractivity contribution is 5.74. The summed E-state index contributed by atoms with van der Waals surface area (Å²) in [5.74, 6) is 1.36. The number of para-hydroxylation sites is 2. The second-order valence-corrected chi connectivity index (χ2v) is 6.34. The predicted octanol–water partition coefficient (Wildman–Crippen LogP) is 2.62. The molecule has 0 radical (unpaired) electrons. The van der Waals surface area contributed by atoms with Crippen LogP contribution in [0.5, 0.6) is 0 Å². The van der Waals surface area contributed by atoms with E-state index in [9.17, 15) is 0 Å². The summed E-state index contributed by atoms with van der Waals surface area (Å²) in [4.78, 5) is 13.4. The zero-order valence-electron chi connectivity index (χ0n) is 14.0. The molecule has 1 atom stereocenters. The number of likely N-dealkylation sites (N-methyl/N-ethyl adjacent to an activating group) is 1. The topological polar surface area (TPSA) is 71.4 Å². The van der Waals surface area contributed by atoms with Crippen molar-refractivity contribution in [3.8, 4) is 0 Å². The highest BCUT2D eigenvalue weighted by Gasteiger charge is 2.26. The Bertz CT molecular complexity index is 794. The molecule has 7 heteroatoms. The number of fused-ring (bicyclic) bond motifs is 1. The maximum absolute atomic E-state index is 5.90. The summed E-state index contributed by atoms with van der Waals surface area (Å²) in [6.45, 7) is 4.51. The largest absolute Gasteiger partial charge is 0.423 e. The van der Waals surface area contributed by atoms with E-state index < -0.39 is 0 Å². The van der Waals surface area contributed by atoms with Crippen molar-refractivity contribution in [1.29, 1.82) is 0 Å². The van der Waals surface area contributed by atoms with Gasteiger partial charge in [0.2, 0.25) is 5.89 Å². The minimum absolute atomic E-state index is 0.361. The van der Waals surface area contributed by atoms with Gasteiger partial charge in [-0.1, -0.05) is 17.3 Å². The second kappa shape index (κ2) is 6.24. The van der Waals surface area contributed by atoms with E-state index in [2.05, 4.69) is 32.0 Å². The second-order valence-electron chi connectivity index (χ2n) is 6.34. The molecule has 1 aromatic carbocycles. The first-order valence-corrected chi connectivity index (χ1v) is 8.29. The van der Waals surface area contributed by atoms with Gasteiger partial charge in [-0.05, 0) is 31.5 Å². The van der Waals surface area contributed by atoms with Gasteiger partial charge in [-0.3, -0.25) is 4.90 Å². The molecule has 126 valence electrons. The normalized spacial score (nSPS) is 19.0. The Kier molecular flexibility index (Phi) is 3.93. The number of rotatable bonds is 4. The van der Waals surface area contributed by atoms with Crippen molar-refractivity contribution in [3.63, 3.8) is 0 Å². The number of anilines is 1. The van der Waals surface area contributed by atoms with Crippen LogP contribution in [0.2, 0.25) is 0 Å². The number of aromatic nitrogens is 3. The van der Waals surface area contributed by atoms with Crippen LogP contribution in [-0.4, -0.2) is 46.2 Å². The predicted molar refractivity (Wildman–Crippen MR) is 89.7 cm³/mol. The first-order chi connectivity index (χ1) is 11.7. The molecule has 0 amide bonds. The van der Waals surface area contributed by atoms with E-state index in [4.69, 9.17) is 8.94 Å². The number of aryl methyl sites for hydroxylation is 1. The van der Waals surface area contributed by atoms with E-state index in [1.54, 1.807) is 0 Å². The number of oxazole rings is 1. The van der Waals surface area contributed by atoms with E-state index in [1.807, 2.05) is 31.2 Å². The first-order valence-electron chi connectivity index (χ1n) is 8.29. The summed E-state index contributed by atoms with van der Waals surface area (Å²) in [7, 11) is 2.05. The van der Waals surface area contributed by atoms with Gasteiger partial charge in [0.05, 0.1) is 6.54 Å². The number of hydrogen-bond donors (Lipinski definition) is 0. The summed E-state index contributed by atoms with van der Waals surface area (Å²) in [6.07, 6.45) is 2.25. The maximum atomic E-state index is 5.90. The number of nitrogens with zero attached hydrogens (tertiary/aromatic N) is 5. The van der Waals surface area contributed by atoms with Crippen LogP contribution in [0.4, 0.5) is 6.01 Å². The highest BCUT2D eigenvalue weighted by Crippen LogP contribution is 2.25. The summed E-state index contributed by atoms with van der Waals surface area (Å²) in [5, 5.41) is 3.99. The fraction of sp³-hybridized carbons (Fsp3) is 0.471. The fourth-order valence-corrected chi connectivity index (χ4v) is 3.26. The maximum Gasteiger partial charge on any atom is 0.298 e. The van der Waals surface area contributed by atoms with Crippen molar-refractivity contribution in [2.24, 2.45) is 0 Å². The van der Waals surface area contributed by atoms with Gasteiger partial charge in [0, 0.05) is 26.6 Å². The number of benzene rings is 1. The van der Waals surface area contributed by atoms with Crippen molar-refractivity contribution >= 4 is 17.1 Å². The molecule has 0 spiro atoms. The quantitative estimate of drug-likeness (QED) is 0.729. The molecule has 0 saturated carbocycles. The van der Waals surface area contributed by atoms with Crippen LogP contribution in [0.15, 0.2) is 33.2 Å². The zero-order valence-corrected chi connectivity index (χ0v) is 14.0. The van der Waals surface area contributed by atoms with Crippen LogP contribution in [0.1, 0.15) is 24.6 Å². The lowest BCUT2D eigenvalue weighted by atomic mass is 10.0. The molecule has 1 aliphatic rings. The van der Waals surface area contributed by atoms with Crippen LogP contribution in [-0.2, 0) is 6.54 Å². The molecular weight excluding hydrogens is 306 g/mol. The molecule has 3 heterocycles. The van der Waals surface area contributed by atoms with Crippen LogP contribution in [0.25, 0.3) is 11.1 Å². The Labute approximate surface area is 140 Å². The number of likely N-dealkylation sites (tertiary alicyclic amines) is 1. The standard InChI is InChI=1S/C17H21N5O2/c1-12-18-16(20-24-12)11-22-9-5-6-13(10-22)21(2)17-19-14-7-3-4-8-15(14)23-17/h3-4,7-8,13H,5-6,9-11H2,1-2H3. The molecule has 1 aliphatic heterocycles. The van der Waals surface area contributed by atoms with Gasteiger partial charge in [-0.25, -0.2) is 0 Å². The monoisotopic (exact) mass is 327 g/mol. The Morgan fingerprint density at radius 3 is 2.96 bits per heavy atom. The van der Waals surface area contributed by atoms with E-state index in [0.717, 1.165) is 49.4 Å². The molecule has 1 fully saturated rings. The molecule has 2 aromatic heterocycles. The Balaban J connectivity index is 1.46. The third-order valence-electron chi connectivity index (χ3n) is 4.55. The minimum atomic E-state index is 0.361.